The van der Waals surface area contributed by atoms with Crippen LogP contribution in [-0.4, -0.2) is 45.8 Å². The molecule has 0 saturated heterocycles. The minimum absolute atomic E-state index is 0.0776. The quantitative estimate of drug-likeness (QED) is 0.393. The van der Waals surface area contributed by atoms with Crippen LogP contribution in [0, 0.1) is 23.7 Å². The SMILES string of the molecule is CCCCC1=CC(C(CC(=O)O)C(=O)OCC)CC(C(=O)O)C1C(=O)O. The molecule has 0 saturated carbocycles. The van der Waals surface area contributed by atoms with Gasteiger partial charge in [-0.05, 0) is 32.1 Å². The van der Waals surface area contributed by atoms with Gasteiger partial charge in [-0.1, -0.05) is 25.0 Å². The molecule has 0 spiro atoms. The van der Waals surface area contributed by atoms with Crippen molar-refractivity contribution >= 4 is 23.9 Å². The third-order valence-electron chi connectivity index (χ3n) is 4.66. The van der Waals surface area contributed by atoms with Crippen LogP contribution in [0.1, 0.15) is 46.0 Å². The number of carboxylic acid groups (broad SMARTS) is 3. The molecule has 0 aromatic heterocycles. The second-order valence-electron chi connectivity index (χ2n) is 6.46. The number of esters is 1. The van der Waals surface area contributed by atoms with Gasteiger partial charge in [0.25, 0.3) is 0 Å². The van der Waals surface area contributed by atoms with Gasteiger partial charge in [-0.25, -0.2) is 0 Å². The van der Waals surface area contributed by atoms with Crippen LogP contribution in [-0.2, 0) is 23.9 Å². The van der Waals surface area contributed by atoms with Gasteiger partial charge in [0.1, 0.15) is 0 Å². The van der Waals surface area contributed by atoms with E-state index >= 15 is 0 Å². The standard InChI is InChI=1S/C18H26O8/c1-3-5-6-10-7-11(8-13(16(21)22)15(10)17(23)24)12(9-14(19)20)18(25)26-4-2/h7,11-13,15H,3-6,8-9H2,1-2H3,(H,19,20)(H,21,22)(H,23,24). The molecule has 0 aromatic carbocycles. The van der Waals surface area contributed by atoms with Gasteiger partial charge in [-0.3, -0.25) is 19.2 Å². The Balaban J connectivity index is 3.30. The van der Waals surface area contributed by atoms with E-state index in [0.29, 0.717) is 18.4 Å². The Morgan fingerprint density at radius 1 is 1.15 bits per heavy atom. The predicted octanol–water partition coefficient (Wildman–Crippen LogP) is 2.18. The molecular weight excluding hydrogens is 344 g/mol. The molecule has 0 aromatic rings. The van der Waals surface area contributed by atoms with Crippen molar-refractivity contribution in [1.82, 2.24) is 0 Å². The zero-order valence-electron chi connectivity index (χ0n) is 15.0. The first-order valence-electron chi connectivity index (χ1n) is 8.77. The Bertz CT molecular complexity index is 580. The molecule has 1 aliphatic carbocycles. The number of aliphatic carboxylic acids is 3. The van der Waals surface area contributed by atoms with Crippen LogP contribution in [0.4, 0.5) is 0 Å². The summed E-state index contributed by atoms with van der Waals surface area (Å²) in [5.74, 6) is -8.48. The maximum Gasteiger partial charge on any atom is 0.311 e. The number of unbranched alkanes of at least 4 members (excludes halogenated alkanes) is 1. The van der Waals surface area contributed by atoms with E-state index in [-0.39, 0.29) is 13.0 Å². The number of ether oxygens (including phenoxy) is 1. The molecule has 4 unspecified atom stereocenters. The lowest BCUT2D eigenvalue weighted by molar-refractivity contribution is -0.157. The Labute approximate surface area is 151 Å². The molecule has 0 amide bonds. The fraction of sp³-hybridized carbons (Fsp3) is 0.667. The lowest BCUT2D eigenvalue weighted by Gasteiger charge is -2.34. The summed E-state index contributed by atoms with van der Waals surface area (Å²) >= 11 is 0. The summed E-state index contributed by atoms with van der Waals surface area (Å²) in [6, 6.07) is 0. The molecule has 0 bridgehead atoms. The van der Waals surface area contributed by atoms with Crippen molar-refractivity contribution in [3.05, 3.63) is 11.6 Å². The van der Waals surface area contributed by atoms with E-state index in [1.54, 1.807) is 13.0 Å². The average molecular weight is 370 g/mol. The third kappa shape index (κ3) is 5.57. The normalized spacial score (nSPS) is 23.6. The number of hydrogen-bond acceptors (Lipinski definition) is 5. The van der Waals surface area contributed by atoms with Crippen LogP contribution in [0.3, 0.4) is 0 Å². The minimum Gasteiger partial charge on any atom is -0.481 e. The first-order chi connectivity index (χ1) is 12.2. The van der Waals surface area contributed by atoms with Crippen LogP contribution in [0.5, 0.6) is 0 Å². The zero-order chi connectivity index (χ0) is 19.9. The number of carbonyl (C=O) groups is 4. The largest absolute Gasteiger partial charge is 0.481 e. The fourth-order valence-corrected chi connectivity index (χ4v) is 3.46. The van der Waals surface area contributed by atoms with E-state index in [1.807, 2.05) is 6.92 Å². The van der Waals surface area contributed by atoms with Gasteiger partial charge in [0.2, 0.25) is 0 Å². The van der Waals surface area contributed by atoms with E-state index in [9.17, 15) is 29.4 Å². The van der Waals surface area contributed by atoms with Crippen molar-refractivity contribution in [2.24, 2.45) is 23.7 Å². The number of carbonyl (C=O) groups excluding carboxylic acids is 1. The van der Waals surface area contributed by atoms with Gasteiger partial charge < -0.3 is 20.1 Å². The first-order valence-corrected chi connectivity index (χ1v) is 8.77. The Kier molecular flexibility index (Phi) is 8.28. The maximum atomic E-state index is 12.2. The molecule has 26 heavy (non-hydrogen) atoms. The second kappa shape index (κ2) is 9.94. The molecule has 3 N–H and O–H groups in total. The zero-order valence-corrected chi connectivity index (χ0v) is 15.0. The fourth-order valence-electron chi connectivity index (χ4n) is 3.46. The number of rotatable bonds is 10. The molecule has 4 atom stereocenters. The lowest BCUT2D eigenvalue weighted by Crippen LogP contribution is -2.39. The van der Waals surface area contributed by atoms with Crippen LogP contribution in [0.2, 0.25) is 0 Å². The highest BCUT2D eigenvalue weighted by Crippen LogP contribution is 2.40. The number of carboxylic acids is 3. The molecule has 8 nitrogen and oxygen atoms in total. The molecule has 1 rings (SSSR count). The molecule has 1 aliphatic rings. The molecule has 146 valence electrons. The highest BCUT2D eigenvalue weighted by Gasteiger charge is 2.44. The summed E-state index contributed by atoms with van der Waals surface area (Å²) in [6.45, 7) is 3.60. The van der Waals surface area contributed by atoms with E-state index in [4.69, 9.17) is 9.84 Å². The maximum absolute atomic E-state index is 12.2. The van der Waals surface area contributed by atoms with Gasteiger partial charge in [-0.2, -0.15) is 0 Å². The highest BCUT2D eigenvalue weighted by atomic mass is 16.5. The summed E-state index contributed by atoms with van der Waals surface area (Å²) in [7, 11) is 0. The van der Waals surface area contributed by atoms with Crippen molar-refractivity contribution in [3.8, 4) is 0 Å². The Morgan fingerprint density at radius 3 is 2.27 bits per heavy atom. The Morgan fingerprint density at radius 2 is 1.81 bits per heavy atom. The van der Waals surface area contributed by atoms with Gasteiger partial charge in [-0.15, -0.1) is 0 Å². The smallest absolute Gasteiger partial charge is 0.311 e. The van der Waals surface area contributed by atoms with E-state index in [0.717, 1.165) is 6.42 Å². The van der Waals surface area contributed by atoms with Crippen LogP contribution < -0.4 is 0 Å². The first kappa shape index (κ1) is 21.7. The molecule has 0 fully saturated rings. The van der Waals surface area contributed by atoms with Gasteiger partial charge in [0.15, 0.2) is 0 Å². The average Bonchev–Trinajstić information content (AvgIpc) is 2.56. The molecule has 0 heterocycles. The van der Waals surface area contributed by atoms with E-state index < -0.39 is 54.0 Å². The lowest BCUT2D eigenvalue weighted by atomic mass is 9.69. The summed E-state index contributed by atoms with van der Waals surface area (Å²) in [5, 5.41) is 28.1. The molecule has 0 aliphatic heterocycles. The Hall–Kier alpha value is -2.38. The summed E-state index contributed by atoms with van der Waals surface area (Å²) in [4.78, 5) is 46.7. The highest BCUT2D eigenvalue weighted by molar-refractivity contribution is 5.84. The van der Waals surface area contributed by atoms with Gasteiger partial charge in [0.05, 0.1) is 30.8 Å². The van der Waals surface area contributed by atoms with Crippen molar-refractivity contribution < 1.29 is 39.2 Å². The summed E-state index contributed by atoms with van der Waals surface area (Å²) < 4.78 is 4.95. The van der Waals surface area contributed by atoms with E-state index in [2.05, 4.69) is 0 Å². The minimum atomic E-state index is -1.26. The molecule has 8 heteroatoms. The monoisotopic (exact) mass is 370 g/mol. The summed E-state index contributed by atoms with van der Waals surface area (Å²) in [6.07, 6.45) is 2.86. The molecule has 0 radical (unpaired) electrons. The van der Waals surface area contributed by atoms with E-state index in [1.165, 1.54) is 0 Å². The molecular formula is C18H26O8. The predicted molar refractivity (Wildman–Crippen MR) is 90.3 cm³/mol. The van der Waals surface area contributed by atoms with Crippen molar-refractivity contribution in [2.75, 3.05) is 6.61 Å². The van der Waals surface area contributed by atoms with Crippen LogP contribution >= 0.6 is 0 Å². The van der Waals surface area contributed by atoms with Crippen molar-refractivity contribution in [1.29, 1.82) is 0 Å². The van der Waals surface area contributed by atoms with Gasteiger partial charge >= 0.3 is 23.9 Å². The summed E-state index contributed by atoms with van der Waals surface area (Å²) in [5.41, 5.74) is 0.447. The van der Waals surface area contributed by atoms with Crippen LogP contribution in [0.15, 0.2) is 11.6 Å². The number of hydrogen-bond donors (Lipinski definition) is 3. The third-order valence-corrected chi connectivity index (χ3v) is 4.66. The van der Waals surface area contributed by atoms with Crippen molar-refractivity contribution in [2.45, 2.75) is 46.0 Å². The van der Waals surface area contributed by atoms with Crippen LogP contribution in [0.25, 0.3) is 0 Å². The number of allylic oxidation sites excluding steroid dienone is 1. The van der Waals surface area contributed by atoms with Crippen molar-refractivity contribution in [3.63, 3.8) is 0 Å². The topological polar surface area (TPSA) is 138 Å². The second-order valence-corrected chi connectivity index (χ2v) is 6.46. The van der Waals surface area contributed by atoms with Gasteiger partial charge in [0, 0.05) is 0 Å².